The van der Waals surface area contributed by atoms with Crippen LogP contribution in [-0.4, -0.2) is 0 Å². The average molecular weight is 560 g/mol. The van der Waals surface area contributed by atoms with E-state index in [1.807, 2.05) is 61.5 Å². The number of hydrogen-bond acceptors (Lipinski definition) is 3. The molecule has 2 heterocycles. The molecule has 5 aromatic carbocycles. The van der Waals surface area contributed by atoms with E-state index in [-0.39, 0.29) is 0 Å². The standard InChI is InChI=1S/C35H23Cl2NO2/c1-22-16-29(36)35(37)30(17-22)38(27-12-6-10-23(18-27)33-20-25-8-2-4-14-31(25)39-33)28-13-7-11-24(19-28)34-21-26-9-3-5-15-32(26)40-34/h2-21H,1H3. The molecule has 7 aromatic rings. The van der Waals surface area contributed by atoms with Crippen molar-refractivity contribution in [1.82, 2.24) is 0 Å². The highest BCUT2D eigenvalue weighted by atomic mass is 35.5. The summed E-state index contributed by atoms with van der Waals surface area (Å²) in [4.78, 5) is 2.12. The molecule has 0 saturated carbocycles. The maximum Gasteiger partial charge on any atom is 0.135 e. The highest BCUT2D eigenvalue weighted by Crippen LogP contribution is 2.44. The fourth-order valence-electron chi connectivity index (χ4n) is 5.14. The Hall–Kier alpha value is -4.44. The summed E-state index contributed by atoms with van der Waals surface area (Å²) in [6.45, 7) is 2.01. The van der Waals surface area contributed by atoms with Crippen LogP contribution in [0.1, 0.15) is 5.56 Å². The van der Waals surface area contributed by atoms with E-state index in [9.17, 15) is 0 Å². The smallest absolute Gasteiger partial charge is 0.135 e. The number of benzene rings is 5. The first-order valence-electron chi connectivity index (χ1n) is 13.0. The lowest BCUT2D eigenvalue weighted by molar-refractivity contribution is 0.631. The molecule has 0 radical (unpaired) electrons. The Balaban J connectivity index is 1.40. The number of fused-ring (bicyclic) bond motifs is 2. The summed E-state index contributed by atoms with van der Waals surface area (Å²) in [7, 11) is 0. The monoisotopic (exact) mass is 559 g/mol. The number of anilines is 3. The lowest BCUT2D eigenvalue weighted by atomic mass is 10.1. The van der Waals surface area contributed by atoms with Gasteiger partial charge in [0, 0.05) is 33.3 Å². The normalized spacial score (nSPS) is 11.4. The summed E-state index contributed by atoms with van der Waals surface area (Å²) in [5.41, 5.74) is 7.26. The first-order valence-corrected chi connectivity index (χ1v) is 13.7. The molecular formula is C35H23Cl2NO2. The topological polar surface area (TPSA) is 29.5 Å². The largest absolute Gasteiger partial charge is 0.456 e. The molecule has 7 rings (SSSR count). The van der Waals surface area contributed by atoms with Gasteiger partial charge >= 0.3 is 0 Å². The van der Waals surface area contributed by atoms with Gasteiger partial charge < -0.3 is 13.7 Å². The summed E-state index contributed by atoms with van der Waals surface area (Å²) in [5.74, 6) is 1.60. The van der Waals surface area contributed by atoms with Crippen molar-refractivity contribution in [2.45, 2.75) is 6.92 Å². The van der Waals surface area contributed by atoms with E-state index in [4.69, 9.17) is 32.0 Å². The zero-order valence-corrected chi connectivity index (χ0v) is 23.1. The number of aryl methyl sites for hydroxylation is 1. The molecule has 194 valence electrons. The van der Waals surface area contributed by atoms with Crippen LogP contribution < -0.4 is 4.90 Å². The molecule has 0 atom stereocenters. The van der Waals surface area contributed by atoms with Gasteiger partial charge in [-0.3, -0.25) is 0 Å². The van der Waals surface area contributed by atoms with Crippen LogP contribution in [0.2, 0.25) is 10.0 Å². The van der Waals surface area contributed by atoms with Crippen molar-refractivity contribution in [2.24, 2.45) is 0 Å². The van der Waals surface area contributed by atoms with E-state index in [1.165, 1.54) is 0 Å². The van der Waals surface area contributed by atoms with Crippen molar-refractivity contribution in [3.63, 3.8) is 0 Å². The summed E-state index contributed by atoms with van der Waals surface area (Å²) in [5, 5.41) is 3.11. The van der Waals surface area contributed by atoms with Crippen LogP contribution in [0.4, 0.5) is 17.1 Å². The molecule has 2 aromatic heterocycles. The SMILES string of the molecule is Cc1cc(Cl)c(Cl)c(N(c2cccc(-c3cc4ccccc4o3)c2)c2cccc(-c3cc4ccccc4o3)c2)c1. The summed E-state index contributed by atoms with van der Waals surface area (Å²) in [6.07, 6.45) is 0. The van der Waals surface area contributed by atoms with Crippen LogP contribution in [-0.2, 0) is 0 Å². The summed E-state index contributed by atoms with van der Waals surface area (Å²) >= 11 is 13.5. The maximum absolute atomic E-state index is 6.87. The minimum absolute atomic E-state index is 0.482. The minimum Gasteiger partial charge on any atom is -0.456 e. The lowest BCUT2D eigenvalue weighted by Gasteiger charge is -2.28. The molecule has 3 nitrogen and oxygen atoms in total. The second-order valence-corrected chi connectivity index (χ2v) is 10.6. The number of halogens is 2. The molecule has 0 unspecified atom stereocenters. The molecule has 0 saturated heterocycles. The summed E-state index contributed by atoms with van der Waals surface area (Å²) < 4.78 is 12.4. The Labute approximate surface area is 241 Å². The molecular weight excluding hydrogens is 537 g/mol. The predicted molar refractivity (Wildman–Crippen MR) is 166 cm³/mol. The van der Waals surface area contributed by atoms with Gasteiger partial charge in [0.05, 0.1) is 15.7 Å². The van der Waals surface area contributed by atoms with Crippen LogP contribution in [0, 0.1) is 6.92 Å². The van der Waals surface area contributed by atoms with Gasteiger partial charge in [0.15, 0.2) is 0 Å². The number of nitrogens with zero attached hydrogens (tertiary/aromatic N) is 1. The Morgan fingerprint density at radius 2 is 1.07 bits per heavy atom. The van der Waals surface area contributed by atoms with Crippen molar-refractivity contribution in [3.8, 4) is 22.6 Å². The molecule has 0 spiro atoms. The fraction of sp³-hybridized carbons (Fsp3) is 0.0286. The Bertz CT molecular complexity index is 1840. The van der Waals surface area contributed by atoms with Gasteiger partial charge in [-0.15, -0.1) is 0 Å². The van der Waals surface area contributed by atoms with E-state index in [0.717, 1.165) is 67.2 Å². The Morgan fingerprint density at radius 3 is 1.60 bits per heavy atom. The molecule has 40 heavy (non-hydrogen) atoms. The van der Waals surface area contributed by atoms with Gasteiger partial charge in [-0.25, -0.2) is 0 Å². The van der Waals surface area contributed by atoms with Gasteiger partial charge in [-0.2, -0.15) is 0 Å². The second kappa shape index (κ2) is 9.95. The second-order valence-electron chi connectivity index (χ2n) is 9.81. The van der Waals surface area contributed by atoms with Gasteiger partial charge in [0.1, 0.15) is 22.7 Å². The van der Waals surface area contributed by atoms with Crippen molar-refractivity contribution < 1.29 is 8.83 Å². The third-order valence-corrected chi connectivity index (χ3v) is 7.82. The van der Waals surface area contributed by atoms with Crippen LogP contribution >= 0.6 is 23.2 Å². The van der Waals surface area contributed by atoms with Gasteiger partial charge in [0.25, 0.3) is 0 Å². The molecule has 0 aliphatic rings. The Kier molecular flexibility index (Phi) is 6.11. The Morgan fingerprint density at radius 1 is 0.550 bits per heavy atom. The quantitative estimate of drug-likeness (QED) is 0.210. The number of rotatable bonds is 5. The van der Waals surface area contributed by atoms with Crippen LogP contribution in [0.25, 0.3) is 44.6 Å². The first-order chi connectivity index (χ1) is 19.5. The molecule has 0 fully saturated rings. The minimum atomic E-state index is 0.482. The van der Waals surface area contributed by atoms with E-state index in [2.05, 4.69) is 71.6 Å². The number of para-hydroxylation sites is 2. The van der Waals surface area contributed by atoms with E-state index >= 15 is 0 Å². The molecule has 5 heteroatoms. The third-order valence-electron chi connectivity index (χ3n) is 7.02. The van der Waals surface area contributed by atoms with E-state index in [0.29, 0.717) is 10.0 Å². The van der Waals surface area contributed by atoms with Crippen LogP contribution in [0.3, 0.4) is 0 Å². The highest BCUT2D eigenvalue weighted by molar-refractivity contribution is 6.44. The van der Waals surface area contributed by atoms with Gasteiger partial charge in [-0.1, -0.05) is 83.9 Å². The number of hydrogen-bond donors (Lipinski definition) is 0. The molecule has 0 N–H and O–H groups in total. The lowest BCUT2D eigenvalue weighted by Crippen LogP contribution is -2.11. The highest BCUT2D eigenvalue weighted by Gasteiger charge is 2.20. The van der Waals surface area contributed by atoms with Crippen LogP contribution in [0.5, 0.6) is 0 Å². The van der Waals surface area contributed by atoms with Crippen LogP contribution in [0.15, 0.2) is 130 Å². The predicted octanol–water partition coefficient (Wildman–Crippen LogP) is 11.6. The van der Waals surface area contributed by atoms with Gasteiger partial charge in [0.2, 0.25) is 0 Å². The van der Waals surface area contributed by atoms with Gasteiger partial charge in [-0.05, 0) is 73.2 Å². The van der Waals surface area contributed by atoms with Crippen molar-refractivity contribution in [3.05, 3.63) is 137 Å². The molecule has 0 aliphatic carbocycles. The summed E-state index contributed by atoms with van der Waals surface area (Å²) in [6, 6.07) is 40.6. The zero-order valence-electron chi connectivity index (χ0n) is 21.6. The van der Waals surface area contributed by atoms with Crippen molar-refractivity contribution >= 4 is 62.2 Å². The fourth-order valence-corrected chi connectivity index (χ4v) is 5.60. The number of furan rings is 2. The van der Waals surface area contributed by atoms with E-state index in [1.54, 1.807) is 0 Å². The average Bonchev–Trinajstić information content (AvgIpc) is 3.61. The zero-order chi connectivity index (χ0) is 27.2. The molecule has 0 aliphatic heterocycles. The van der Waals surface area contributed by atoms with E-state index < -0.39 is 0 Å². The first kappa shape index (κ1) is 24.6. The third kappa shape index (κ3) is 4.44. The molecule has 0 amide bonds. The molecule has 0 bridgehead atoms. The van der Waals surface area contributed by atoms with Crippen molar-refractivity contribution in [1.29, 1.82) is 0 Å². The maximum atomic E-state index is 6.87. The van der Waals surface area contributed by atoms with Crippen molar-refractivity contribution in [2.75, 3.05) is 4.90 Å².